The molecule has 120 valence electrons. The maximum Gasteiger partial charge on any atom is 0.368 e. The van der Waals surface area contributed by atoms with Crippen molar-refractivity contribution < 1.29 is 19.3 Å². The summed E-state index contributed by atoms with van der Waals surface area (Å²) in [6.07, 6.45) is -3.97. The van der Waals surface area contributed by atoms with Crippen LogP contribution in [0.25, 0.3) is 0 Å². The SMILES string of the molecule is C[C@H](O)[C@H]1O[C@@H](n2ncc(N)nc2=O)[C@@](N)(C#CCF)C1O. The lowest BCUT2D eigenvalue weighted by molar-refractivity contribution is -0.0816. The Bertz CT molecular complexity index is 669. The van der Waals surface area contributed by atoms with Crippen molar-refractivity contribution in [2.75, 3.05) is 12.4 Å². The topological polar surface area (TPSA) is 150 Å². The fourth-order valence-corrected chi connectivity index (χ4v) is 2.24. The lowest BCUT2D eigenvalue weighted by Gasteiger charge is -2.27. The van der Waals surface area contributed by atoms with Gasteiger partial charge in [-0.05, 0) is 6.92 Å². The van der Waals surface area contributed by atoms with Crippen LogP contribution in [-0.4, -0.2) is 55.5 Å². The number of nitrogens with zero attached hydrogens (tertiary/aromatic N) is 3. The molecular weight excluding hydrogens is 297 g/mol. The van der Waals surface area contributed by atoms with Crippen molar-refractivity contribution in [2.45, 2.75) is 37.0 Å². The Balaban J connectivity index is 2.53. The van der Waals surface area contributed by atoms with Gasteiger partial charge in [0.2, 0.25) is 0 Å². The molecule has 1 aliphatic heterocycles. The summed E-state index contributed by atoms with van der Waals surface area (Å²) in [6, 6.07) is 0. The molecule has 0 saturated carbocycles. The second-order valence-corrected chi connectivity index (χ2v) is 4.92. The first kappa shape index (κ1) is 16.3. The number of alkyl halides is 1. The molecule has 22 heavy (non-hydrogen) atoms. The molecule has 10 heteroatoms. The predicted molar refractivity (Wildman–Crippen MR) is 73.0 cm³/mol. The van der Waals surface area contributed by atoms with Gasteiger partial charge in [0.1, 0.15) is 24.7 Å². The van der Waals surface area contributed by atoms with E-state index in [1.54, 1.807) is 0 Å². The van der Waals surface area contributed by atoms with Crippen LogP contribution in [-0.2, 0) is 4.74 Å². The summed E-state index contributed by atoms with van der Waals surface area (Å²) in [5, 5.41) is 23.7. The standard InChI is InChI=1S/C12H16FN5O4/c1-6(19)8-9(20)12(15,3-2-4-13)10(22-8)18-11(21)17-7(14)5-16-18/h5-6,8-10,19-20H,4,15H2,1H3,(H2,14,17,21)/t6-,8+,9?,10+,12+/m0/s1. The minimum atomic E-state index is -1.84. The molecule has 0 spiro atoms. The second kappa shape index (κ2) is 5.98. The van der Waals surface area contributed by atoms with Crippen molar-refractivity contribution in [3.63, 3.8) is 0 Å². The summed E-state index contributed by atoms with van der Waals surface area (Å²) in [6.45, 7) is 0.372. The number of ether oxygens (including phenoxy) is 1. The average molecular weight is 313 g/mol. The Labute approximate surface area is 124 Å². The predicted octanol–water partition coefficient (Wildman–Crippen LogP) is -2.47. The van der Waals surface area contributed by atoms with Crippen LogP contribution in [0.2, 0.25) is 0 Å². The van der Waals surface area contributed by atoms with Gasteiger partial charge in [0.25, 0.3) is 0 Å². The van der Waals surface area contributed by atoms with Gasteiger partial charge < -0.3 is 26.4 Å². The van der Waals surface area contributed by atoms with E-state index in [1.807, 2.05) is 0 Å². The Morgan fingerprint density at radius 3 is 2.91 bits per heavy atom. The Morgan fingerprint density at radius 2 is 2.36 bits per heavy atom. The number of rotatable bonds is 2. The number of hydrogen-bond acceptors (Lipinski definition) is 8. The molecule has 5 atom stereocenters. The number of nitrogens with two attached hydrogens (primary N) is 2. The summed E-state index contributed by atoms with van der Waals surface area (Å²) in [5.41, 5.74) is 8.65. The number of aliphatic hydroxyl groups is 2. The summed E-state index contributed by atoms with van der Waals surface area (Å²) in [4.78, 5) is 15.4. The lowest BCUT2D eigenvalue weighted by Crippen LogP contribution is -2.56. The third-order valence-electron chi connectivity index (χ3n) is 3.30. The first-order chi connectivity index (χ1) is 10.3. The van der Waals surface area contributed by atoms with E-state index in [2.05, 4.69) is 21.9 Å². The zero-order valence-corrected chi connectivity index (χ0v) is 11.7. The van der Waals surface area contributed by atoms with E-state index in [4.69, 9.17) is 16.2 Å². The third-order valence-corrected chi connectivity index (χ3v) is 3.30. The quantitative estimate of drug-likeness (QED) is 0.439. The van der Waals surface area contributed by atoms with Gasteiger partial charge in [0, 0.05) is 0 Å². The van der Waals surface area contributed by atoms with Crippen LogP contribution in [0.1, 0.15) is 13.2 Å². The smallest absolute Gasteiger partial charge is 0.368 e. The largest absolute Gasteiger partial charge is 0.391 e. The number of hydrogen-bond donors (Lipinski definition) is 4. The minimum Gasteiger partial charge on any atom is -0.391 e. The van der Waals surface area contributed by atoms with E-state index in [1.165, 1.54) is 6.92 Å². The Morgan fingerprint density at radius 1 is 1.68 bits per heavy atom. The normalized spacial score (nSPS) is 32.3. The van der Waals surface area contributed by atoms with Gasteiger partial charge in [-0.15, -0.1) is 0 Å². The van der Waals surface area contributed by atoms with Crippen molar-refractivity contribution in [1.82, 2.24) is 14.8 Å². The second-order valence-electron chi connectivity index (χ2n) is 4.92. The summed E-state index contributed by atoms with van der Waals surface area (Å²) < 4.78 is 18.5. The fourth-order valence-electron chi connectivity index (χ4n) is 2.24. The van der Waals surface area contributed by atoms with Crippen molar-refractivity contribution in [2.24, 2.45) is 5.73 Å². The number of nitrogen functional groups attached to an aromatic ring is 1. The van der Waals surface area contributed by atoms with Crippen molar-refractivity contribution >= 4 is 5.82 Å². The van der Waals surface area contributed by atoms with Gasteiger partial charge in [-0.1, -0.05) is 11.8 Å². The van der Waals surface area contributed by atoms with Crippen molar-refractivity contribution in [3.05, 3.63) is 16.7 Å². The van der Waals surface area contributed by atoms with Crippen LogP contribution in [0.5, 0.6) is 0 Å². The van der Waals surface area contributed by atoms with E-state index in [0.29, 0.717) is 0 Å². The molecule has 1 unspecified atom stereocenters. The van der Waals surface area contributed by atoms with Crippen molar-refractivity contribution in [1.29, 1.82) is 0 Å². The molecule has 0 amide bonds. The molecule has 0 aromatic carbocycles. The van der Waals surface area contributed by atoms with Gasteiger partial charge in [0.05, 0.1) is 12.3 Å². The molecule has 1 saturated heterocycles. The first-order valence-electron chi connectivity index (χ1n) is 6.39. The van der Waals surface area contributed by atoms with Crippen LogP contribution in [0.3, 0.4) is 0 Å². The highest BCUT2D eigenvalue weighted by Crippen LogP contribution is 2.36. The number of aliphatic hydroxyl groups excluding tert-OH is 2. The van der Waals surface area contributed by atoms with Gasteiger partial charge in [-0.25, -0.2) is 9.18 Å². The Hall–Kier alpha value is -2.06. The highest BCUT2D eigenvalue weighted by molar-refractivity contribution is 5.26. The van der Waals surface area contributed by atoms with E-state index >= 15 is 0 Å². The van der Waals surface area contributed by atoms with Crippen LogP contribution in [0.4, 0.5) is 10.2 Å². The van der Waals surface area contributed by atoms with E-state index in [-0.39, 0.29) is 5.82 Å². The maximum atomic E-state index is 12.3. The molecule has 0 bridgehead atoms. The number of aromatic nitrogens is 3. The molecule has 1 aromatic rings. The van der Waals surface area contributed by atoms with Crippen LogP contribution < -0.4 is 17.2 Å². The highest BCUT2D eigenvalue weighted by Gasteiger charge is 2.56. The van der Waals surface area contributed by atoms with Crippen LogP contribution in [0, 0.1) is 11.8 Å². The summed E-state index contributed by atoms with van der Waals surface area (Å²) >= 11 is 0. The van der Waals surface area contributed by atoms with E-state index < -0.39 is 42.4 Å². The molecule has 2 rings (SSSR count). The zero-order chi connectivity index (χ0) is 16.5. The van der Waals surface area contributed by atoms with E-state index in [9.17, 15) is 19.4 Å². The molecule has 1 aromatic heterocycles. The number of anilines is 1. The molecule has 2 heterocycles. The molecule has 9 nitrogen and oxygen atoms in total. The zero-order valence-electron chi connectivity index (χ0n) is 11.7. The van der Waals surface area contributed by atoms with Gasteiger partial charge in [0.15, 0.2) is 11.8 Å². The lowest BCUT2D eigenvalue weighted by atomic mass is 9.90. The molecule has 6 N–H and O–H groups in total. The van der Waals surface area contributed by atoms with Crippen molar-refractivity contribution in [3.8, 4) is 11.8 Å². The number of halogens is 1. The van der Waals surface area contributed by atoms with Crippen LogP contribution >= 0.6 is 0 Å². The molecule has 1 aliphatic rings. The van der Waals surface area contributed by atoms with Crippen LogP contribution in [0.15, 0.2) is 11.0 Å². The Kier molecular flexibility index (Phi) is 4.43. The fraction of sp³-hybridized carbons (Fsp3) is 0.583. The molecule has 0 radical (unpaired) electrons. The molecular formula is C12H16FN5O4. The van der Waals surface area contributed by atoms with Gasteiger partial charge in [-0.2, -0.15) is 14.8 Å². The van der Waals surface area contributed by atoms with Gasteiger partial charge >= 0.3 is 5.69 Å². The highest BCUT2D eigenvalue weighted by atomic mass is 19.1. The summed E-state index contributed by atoms with van der Waals surface area (Å²) in [7, 11) is 0. The van der Waals surface area contributed by atoms with Gasteiger partial charge in [-0.3, -0.25) is 0 Å². The monoisotopic (exact) mass is 313 g/mol. The first-order valence-corrected chi connectivity index (χ1v) is 6.39. The van der Waals surface area contributed by atoms with E-state index in [0.717, 1.165) is 10.9 Å². The third kappa shape index (κ3) is 2.67. The summed E-state index contributed by atoms with van der Waals surface area (Å²) in [5.74, 6) is 4.33. The average Bonchev–Trinajstić information content (AvgIpc) is 2.70. The molecule has 1 fully saturated rings. The maximum absolute atomic E-state index is 12.3. The minimum absolute atomic E-state index is 0.107. The molecule has 0 aliphatic carbocycles.